The molecule has 1 aromatic carbocycles. The zero-order valence-electron chi connectivity index (χ0n) is 10.4. The Hall–Kier alpha value is -1.51. The molecule has 5 heteroatoms. The van der Waals surface area contributed by atoms with Crippen molar-refractivity contribution in [3.8, 4) is 6.19 Å². The predicted octanol–water partition coefficient (Wildman–Crippen LogP) is 1.76. The third kappa shape index (κ3) is 2.35. The summed E-state index contributed by atoms with van der Waals surface area (Å²) in [5, 5.41) is 12.0. The summed E-state index contributed by atoms with van der Waals surface area (Å²) in [6.07, 6.45) is 2.86. The zero-order chi connectivity index (χ0) is 13.1. The van der Waals surface area contributed by atoms with Crippen LogP contribution in [-0.2, 0) is 11.2 Å². The van der Waals surface area contributed by atoms with Gasteiger partial charge < -0.3 is 5.32 Å². The van der Waals surface area contributed by atoms with E-state index in [-0.39, 0.29) is 11.2 Å². The van der Waals surface area contributed by atoms with Crippen LogP contribution in [0.5, 0.6) is 0 Å². The van der Waals surface area contributed by atoms with E-state index in [0.29, 0.717) is 0 Å². The number of amides is 1. The maximum Gasteiger partial charge on any atom is 0.253 e. The number of hydrogen-bond acceptors (Lipinski definition) is 4. The van der Waals surface area contributed by atoms with Crippen molar-refractivity contribution in [2.24, 2.45) is 0 Å². The second-order valence-corrected chi connectivity index (χ2v) is 5.57. The highest BCUT2D eigenvalue weighted by Crippen LogP contribution is 2.39. The number of benzene rings is 1. The van der Waals surface area contributed by atoms with E-state index in [0.717, 1.165) is 29.1 Å². The first-order valence-corrected chi connectivity index (χ1v) is 6.73. The van der Waals surface area contributed by atoms with E-state index in [2.05, 4.69) is 11.4 Å². The van der Waals surface area contributed by atoms with Gasteiger partial charge in [-0.3, -0.25) is 4.79 Å². The van der Waals surface area contributed by atoms with Gasteiger partial charge in [0.25, 0.3) is 5.91 Å². The van der Waals surface area contributed by atoms with E-state index in [1.807, 2.05) is 32.3 Å². The SMILES string of the molecule is CNCCc1ccc2c(c1)N(C#N)C(=O)C(C)S2. The Balaban J connectivity index is 2.36. The number of rotatable bonds is 3. The van der Waals surface area contributed by atoms with E-state index in [4.69, 9.17) is 5.26 Å². The molecule has 94 valence electrons. The van der Waals surface area contributed by atoms with Gasteiger partial charge in [-0.05, 0) is 44.6 Å². The fourth-order valence-corrected chi connectivity index (χ4v) is 2.91. The van der Waals surface area contributed by atoms with Crippen LogP contribution in [0.15, 0.2) is 23.1 Å². The molecule has 4 nitrogen and oxygen atoms in total. The number of nitriles is 1. The van der Waals surface area contributed by atoms with Gasteiger partial charge >= 0.3 is 0 Å². The molecule has 1 aromatic rings. The van der Waals surface area contributed by atoms with Crippen LogP contribution in [0, 0.1) is 11.5 Å². The van der Waals surface area contributed by atoms with Crippen molar-refractivity contribution >= 4 is 23.4 Å². The van der Waals surface area contributed by atoms with Gasteiger partial charge in [0.1, 0.15) is 0 Å². The average molecular weight is 261 g/mol. The van der Waals surface area contributed by atoms with Gasteiger partial charge in [0.15, 0.2) is 6.19 Å². The summed E-state index contributed by atoms with van der Waals surface area (Å²) in [5.41, 5.74) is 1.85. The normalized spacial score (nSPS) is 18.4. The van der Waals surface area contributed by atoms with Gasteiger partial charge in [0.05, 0.1) is 10.9 Å². The maximum absolute atomic E-state index is 11.9. The van der Waals surface area contributed by atoms with Crippen molar-refractivity contribution in [2.75, 3.05) is 18.5 Å². The molecule has 2 rings (SSSR count). The highest BCUT2D eigenvalue weighted by molar-refractivity contribution is 8.01. The number of nitrogens with one attached hydrogen (secondary N) is 1. The monoisotopic (exact) mass is 261 g/mol. The third-order valence-electron chi connectivity index (χ3n) is 2.90. The number of carbonyl (C=O) groups excluding carboxylic acids is 1. The van der Waals surface area contributed by atoms with Crippen molar-refractivity contribution in [1.82, 2.24) is 5.32 Å². The zero-order valence-corrected chi connectivity index (χ0v) is 11.3. The molecule has 1 atom stereocenters. The summed E-state index contributed by atoms with van der Waals surface area (Å²) in [7, 11) is 1.90. The molecule has 1 unspecified atom stereocenters. The van der Waals surface area contributed by atoms with Gasteiger partial charge in [-0.15, -0.1) is 11.8 Å². The average Bonchev–Trinajstić information content (AvgIpc) is 2.38. The third-order valence-corrected chi connectivity index (χ3v) is 4.05. The molecule has 0 spiro atoms. The van der Waals surface area contributed by atoms with Crippen LogP contribution in [0.4, 0.5) is 5.69 Å². The van der Waals surface area contributed by atoms with E-state index < -0.39 is 0 Å². The topological polar surface area (TPSA) is 56.1 Å². The Bertz CT molecular complexity index is 509. The number of thioether (sulfide) groups is 1. The van der Waals surface area contributed by atoms with Crippen LogP contribution in [0.25, 0.3) is 0 Å². The smallest absolute Gasteiger partial charge is 0.253 e. The van der Waals surface area contributed by atoms with Gasteiger partial charge in [-0.2, -0.15) is 5.26 Å². The quantitative estimate of drug-likeness (QED) is 0.842. The van der Waals surface area contributed by atoms with Crippen molar-refractivity contribution in [2.45, 2.75) is 23.5 Å². The molecule has 0 saturated carbocycles. The number of likely N-dealkylation sites (N-methyl/N-ethyl adjacent to an activating group) is 1. The highest BCUT2D eigenvalue weighted by atomic mass is 32.2. The molecule has 0 bridgehead atoms. The lowest BCUT2D eigenvalue weighted by molar-refractivity contribution is -0.117. The van der Waals surface area contributed by atoms with Crippen LogP contribution in [0.2, 0.25) is 0 Å². The van der Waals surface area contributed by atoms with Crippen molar-refractivity contribution < 1.29 is 4.79 Å². The first-order chi connectivity index (χ1) is 8.67. The summed E-state index contributed by atoms with van der Waals surface area (Å²) in [6, 6.07) is 5.99. The lowest BCUT2D eigenvalue weighted by atomic mass is 10.1. The Kier molecular flexibility index (Phi) is 3.90. The number of anilines is 1. The minimum Gasteiger partial charge on any atom is -0.319 e. The maximum atomic E-state index is 11.9. The molecular formula is C13H15N3OS. The van der Waals surface area contributed by atoms with E-state index in [9.17, 15) is 4.79 Å². The van der Waals surface area contributed by atoms with Gasteiger partial charge in [-0.25, -0.2) is 4.90 Å². The predicted molar refractivity (Wildman–Crippen MR) is 72.5 cm³/mol. The number of hydrogen-bond donors (Lipinski definition) is 1. The summed E-state index contributed by atoms with van der Waals surface area (Å²) in [5.74, 6) is -0.138. The Morgan fingerprint density at radius 2 is 2.33 bits per heavy atom. The molecule has 18 heavy (non-hydrogen) atoms. The van der Waals surface area contributed by atoms with Gasteiger partial charge in [-0.1, -0.05) is 6.07 Å². The van der Waals surface area contributed by atoms with Crippen LogP contribution in [0.1, 0.15) is 12.5 Å². The molecule has 1 aliphatic rings. The molecule has 1 N–H and O–H groups in total. The standard InChI is InChI=1S/C13H15N3OS/c1-9-13(17)16(8-14)11-7-10(5-6-15-2)3-4-12(11)18-9/h3-4,7,9,15H,5-6H2,1-2H3. The van der Waals surface area contributed by atoms with Crippen LogP contribution in [-0.4, -0.2) is 24.7 Å². The molecule has 0 aromatic heterocycles. The van der Waals surface area contributed by atoms with Crippen molar-refractivity contribution in [3.05, 3.63) is 23.8 Å². The van der Waals surface area contributed by atoms with Crippen LogP contribution < -0.4 is 10.2 Å². The molecular weight excluding hydrogens is 246 g/mol. The number of nitrogens with zero attached hydrogens (tertiary/aromatic N) is 2. The molecule has 0 aliphatic carbocycles. The molecule has 1 heterocycles. The number of fused-ring (bicyclic) bond motifs is 1. The van der Waals surface area contributed by atoms with Gasteiger partial charge in [0.2, 0.25) is 0 Å². The fourth-order valence-electron chi connectivity index (χ4n) is 1.91. The molecule has 0 saturated heterocycles. The van der Waals surface area contributed by atoms with Crippen LogP contribution in [0.3, 0.4) is 0 Å². The first kappa shape index (κ1) is 12.9. The Morgan fingerprint density at radius 1 is 1.56 bits per heavy atom. The van der Waals surface area contributed by atoms with Crippen molar-refractivity contribution in [3.63, 3.8) is 0 Å². The first-order valence-electron chi connectivity index (χ1n) is 5.85. The Morgan fingerprint density at radius 3 is 3.00 bits per heavy atom. The summed E-state index contributed by atoms with van der Waals surface area (Å²) >= 11 is 1.51. The minimum absolute atomic E-state index is 0.138. The van der Waals surface area contributed by atoms with E-state index in [1.165, 1.54) is 16.7 Å². The summed E-state index contributed by atoms with van der Waals surface area (Å²) in [4.78, 5) is 14.1. The van der Waals surface area contributed by atoms with E-state index >= 15 is 0 Å². The second kappa shape index (κ2) is 5.42. The van der Waals surface area contributed by atoms with Gasteiger partial charge in [0, 0.05) is 4.90 Å². The minimum atomic E-state index is -0.194. The second-order valence-electron chi connectivity index (χ2n) is 4.19. The molecule has 0 fully saturated rings. The fraction of sp³-hybridized carbons (Fsp3) is 0.385. The molecule has 1 aliphatic heterocycles. The van der Waals surface area contributed by atoms with Crippen molar-refractivity contribution in [1.29, 1.82) is 5.26 Å². The summed E-state index contributed by atoms with van der Waals surface area (Å²) in [6.45, 7) is 2.71. The molecule has 1 amide bonds. The molecule has 0 radical (unpaired) electrons. The summed E-state index contributed by atoms with van der Waals surface area (Å²) < 4.78 is 0. The Labute approximate surface area is 111 Å². The number of carbonyl (C=O) groups is 1. The van der Waals surface area contributed by atoms with Crippen LogP contribution >= 0.6 is 11.8 Å². The van der Waals surface area contributed by atoms with E-state index in [1.54, 1.807) is 0 Å². The largest absolute Gasteiger partial charge is 0.319 e. The highest BCUT2D eigenvalue weighted by Gasteiger charge is 2.30. The lowest BCUT2D eigenvalue weighted by Gasteiger charge is -2.27. The lowest BCUT2D eigenvalue weighted by Crippen LogP contribution is -2.36.